The minimum Gasteiger partial charge on any atom is -0.493 e. The van der Waals surface area contributed by atoms with E-state index in [-0.39, 0.29) is 11.3 Å². The van der Waals surface area contributed by atoms with Crippen LogP contribution in [0.15, 0.2) is 18.2 Å². The van der Waals surface area contributed by atoms with Crippen molar-refractivity contribution in [1.29, 1.82) is 0 Å². The van der Waals surface area contributed by atoms with Crippen molar-refractivity contribution in [1.82, 2.24) is 10.2 Å². The van der Waals surface area contributed by atoms with Crippen molar-refractivity contribution < 1.29 is 14.3 Å². The Morgan fingerprint density at radius 3 is 2.50 bits per heavy atom. The van der Waals surface area contributed by atoms with Crippen LogP contribution in [0.25, 0.3) is 0 Å². The Balaban J connectivity index is 2.75. The molecule has 5 heteroatoms. The Hall–Kier alpha value is -1.75. The smallest absolute Gasteiger partial charge is 0.251 e. The fraction of sp³-hybridized carbons (Fsp3) is 0.588. The SMILES string of the molecule is CCOc1cc(C(=O)NCC(C)(C)CN(C)C)ccc1OC. The van der Waals surface area contributed by atoms with Crippen molar-refractivity contribution >= 4 is 5.91 Å². The van der Waals surface area contributed by atoms with Gasteiger partial charge >= 0.3 is 0 Å². The summed E-state index contributed by atoms with van der Waals surface area (Å²) in [6.07, 6.45) is 0. The Kier molecular flexibility index (Phi) is 6.68. The van der Waals surface area contributed by atoms with Gasteiger partial charge in [-0.2, -0.15) is 0 Å². The zero-order valence-corrected chi connectivity index (χ0v) is 14.5. The zero-order chi connectivity index (χ0) is 16.8. The summed E-state index contributed by atoms with van der Waals surface area (Å²) in [4.78, 5) is 14.4. The number of hydrogen-bond donors (Lipinski definition) is 1. The fourth-order valence-electron chi connectivity index (χ4n) is 2.42. The van der Waals surface area contributed by atoms with Crippen LogP contribution in [0.5, 0.6) is 11.5 Å². The van der Waals surface area contributed by atoms with Gasteiger partial charge in [0.2, 0.25) is 0 Å². The number of carbonyl (C=O) groups is 1. The fourth-order valence-corrected chi connectivity index (χ4v) is 2.42. The van der Waals surface area contributed by atoms with Crippen molar-refractivity contribution in [2.24, 2.45) is 5.41 Å². The van der Waals surface area contributed by atoms with Gasteiger partial charge in [-0.15, -0.1) is 0 Å². The van der Waals surface area contributed by atoms with Crippen molar-refractivity contribution in [3.05, 3.63) is 23.8 Å². The summed E-state index contributed by atoms with van der Waals surface area (Å²) in [5, 5.41) is 2.99. The Bertz CT molecular complexity index is 499. The van der Waals surface area contributed by atoms with E-state index in [0.717, 1.165) is 6.54 Å². The molecular weight excluding hydrogens is 280 g/mol. The molecule has 0 saturated carbocycles. The zero-order valence-electron chi connectivity index (χ0n) is 14.5. The minimum atomic E-state index is -0.101. The monoisotopic (exact) mass is 308 g/mol. The Labute approximate surface area is 133 Å². The van der Waals surface area contributed by atoms with E-state index in [1.165, 1.54) is 0 Å². The van der Waals surface area contributed by atoms with Gasteiger partial charge in [-0.1, -0.05) is 13.8 Å². The van der Waals surface area contributed by atoms with Crippen LogP contribution in [0, 0.1) is 5.41 Å². The van der Waals surface area contributed by atoms with Gasteiger partial charge in [-0.3, -0.25) is 4.79 Å². The second kappa shape index (κ2) is 8.03. The minimum absolute atomic E-state index is 0.00831. The summed E-state index contributed by atoms with van der Waals surface area (Å²) < 4.78 is 10.7. The molecule has 22 heavy (non-hydrogen) atoms. The molecule has 0 unspecified atom stereocenters. The molecule has 1 aromatic rings. The van der Waals surface area contributed by atoms with E-state index in [1.807, 2.05) is 21.0 Å². The highest BCUT2D eigenvalue weighted by molar-refractivity contribution is 5.94. The third-order valence-electron chi connectivity index (χ3n) is 3.20. The lowest BCUT2D eigenvalue weighted by Gasteiger charge is -2.28. The first kappa shape index (κ1) is 18.3. The molecule has 0 aliphatic rings. The van der Waals surface area contributed by atoms with Crippen LogP contribution in [0.1, 0.15) is 31.1 Å². The first-order valence-corrected chi connectivity index (χ1v) is 7.53. The van der Waals surface area contributed by atoms with Gasteiger partial charge in [-0.25, -0.2) is 0 Å². The van der Waals surface area contributed by atoms with Gasteiger partial charge in [0.25, 0.3) is 5.91 Å². The molecule has 0 atom stereocenters. The van der Waals surface area contributed by atoms with Crippen molar-refractivity contribution in [3.8, 4) is 11.5 Å². The summed E-state index contributed by atoms with van der Waals surface area (Å²) in [6.45, 7) is 8.20. The van der Waals surface area contributed by atoms with Crippen LogP contribution in [-0.2, 0) is 0 Å². The number of nitrogens with zero attached hydrogens (tertiary/aromatic N) is 1. The standard InChI is InChI=1S/C17H28N2O3/c1-7-22-15-10-13(8-9-14(15)21-6)16(20)18-11-17(2,3)12-19(4)5/h8-10H,7,11-12H2,1-6H3,(H,18,20). The summed E-state index contributed by atoms with van der Waals surface area (Å²) in [7, 11) is 5.64. The molecule has 124 valence electrons. The molecule has 1 rings (SSSR count). The van der Waals surface area contributed by atoms with Crippen LogP contribution >= 0.6 is 0 Å². The molecule has 0 aromatic heterocycles. The van der Waals surface area contributed by atoms with Crippen molar-refractivity contribution in [3.63, 3.8) is 0 Å². The molecule has 0 aliphatic heterocycles. The normalized spacial score (nSPS) is 11.4. The number of benzene rings is 1. The summed E-state index contributed by atoms with van der Waals surface area (Å²) in [5.41, 5.74) is 0.582. The lowest BCUT2D eigenvalue weighted by Crippen LogP contribution is -2.39. The van der Waals surface area contributed by atoms with Crippen LogP contribution in [0.4, 0.5) is 0 Å². The van der Waals surface area contributed by atoms with Gasteiger partial charge in [0, 0.05) is 18.7 Å². The lowest BCUT2D eigenvalue weighted by molar-refractivity contribution is 0.0928. The molecular formula is C17H28N2O3. The number of carbonyl (C=O) groups excluding carboxylic acids is 1. The van der Waals surface area contributed by atoms with Gasteiger partial charge in [0.1, 0.15) is 0 Å². The second-order valence-electron chi connectivity index (χ2n) is 6.38. The molecule has 0 fully saturated rings. The van der Waals surface area contributed by atoms with E-state index < -0.39 is 0 Å². The summed E-state index contributed by atoms with van der Waals surface area (Å²) in [6, 6.07) is 5.22. The van der Waals surface area contributed by atoms with Gasteiger partial charge < -0.3 is 19.7 Å². The number of ether oxygens (including phenoxy) is 2. The molecule has 0 saturated heterocycles. The third kappa shape index (κ3) is 5.56. The first-order chi connectivity index (χ1) is 10.3. The topological polar surface area (TPSA) is 50.8 Å². The molecule has 5 nitrogen and oxygen atoms in total. The summed E-state index contributed by atoms with van der Waals surface area (Å²) >= 11 is 0. The molecule has 1 N–H and O–H groups in total. The molecule has 1 amide bonds. The van der Waals surface area contributed by atoms with Crippen LogP contribution < -0.4 is 14.8 Å². The van der Waals surface area contributed by atoms with Crippen LogP contribution in [0.2, 0.25) is 0 Å². The highest BCUT2D eigenvalue weighted by Crippen LogP contribution is 2.28. The number of rotatable bonds is 8. The van der Waals surface area contributed by atoms with Crippen LogP contribution in [0.3, 0.4) is 0 Å². The largest absolute Gasteiger partial charge is 0.493 e. The van der Waals surface area contributed by atoms with Crippen LogP contribution in [-0.4, -0.2) is 51.7 Å². The van der Waals surface area contributed by atoms with E-state index in [0.29, 0.717) is 30.2 Å². The second-order valence-corrected chi connectivity index (χ2v) is 6.38. The number of amides is 1. The highest BCUT2D eigenvalue weighted by Gasteiger charge is 2.20. The highest BCUT2D eigenvalue weighted by atomic mass is 16.5. The first-order valence-electron chi connectivity index (χ1n) is 7.53. The van der Waals surface area contributed by atoms with E-state index in [1.54, 1.807) is 25.3 Å². The number of hydrogen-bond acceptors (Lipinski definition) is 4. The number of nitrogens with one attached hydrogen (secondary N) is 1. The average Bonchev–Trinajstić information content (AvgIpc) is 2.44. The van der Waals surface area contributed by atoms with Gasteiger partial charge in [0.05, 0.1) is 13.7 Å². The predicted octanol–water partition coefficient (Wildman–Crippen LogP) is 2.41. The maximum Gasteiger partial charge on any atom is 0.251 e. The summed E-state index contributed by atoms with van der Waals surface area (Å²) in [5.74, 6) is 1.12. The van der Waals surface area contributed by atoms with E-state index >= 15 is 0 Å². The maximum atomic E-state index is 12.3. The molecule has 0 heterocycles. The van der Waals surface area contributed by atoms with Crippen molar-refractivity contribution in [2.45, 2.75) is 20.8 Å². The van der Waals surface area contributed by atoms with E-state index in [4.69, 9.17) is 9.47 Å². The quantitative estimate of drug-likeness (QED) is 0.801. The Morgan fingerprint density at radius 2 is 1.95 bits per heavy atom. The molecule has 0 spiro atoms. The Morgan fingerprint density at radius 1 is 1.27 bits per heavy atom. The van der Waals surface area contributed by atoms with E-state index in [9.17, 15) is 4.79 Å². The maximum absolute atomic E-state index is 12.3. The van der Waals surface area contributed by atoms with E-state index in [2.05, 4.69) is 24.1 Å². The molecule has 1 aromatic carbocycles. The predicted molar refractivity (Wildman–Crippen MR) is 88.8 cm³/mol. The lowest BCUT2D eigenvalue weighted by atomic mass is 9.93. The van der Waals surface area contributed by atoms with Crippen molar-refractivity contribution in [2.75, 3.05) is 40.9 Å². The molecule has 0 radical (unpaired) electrons. The van der Waals surface area contributed by atoms with Gasteiger partial charge in [-0.05, 0) is 44.6 Å². The third-order valence-corrected chi connectivity index (χ3v) is 3.20. The average molecular weight is 308 g/mol. The van der Waals surface area contributed by atoms with Gasteiger partial charge in [0.15, 0.2) is 11.5 Å². The number of methoxy groups -OCH3 is 1. The molecule has 0 aliphatic carbocycles. The molecule has 0 bridgehead atoms.